The van der Waals surface area contributed by atoms with Gasteiger partial charge in [-0.15, -0.1) is 0 Å². The molecule has 2 bridgehead atoms. The van der Waals surface area contributed by atoms with Gasteiger partial charge >= 0.3 is 0 Å². The zero-order valence-electron chi connectivity index (χ0n) is 11.8. The predicted molar refractivity (Wildman–Crippen MR) is 83.1 cm³/mol. The molecule has 2 aliphatic carbocycles. The molecule has 104 valence electrons. The van der Waals surface area contributed by atoms with Gasteiger partial charge in [0.25, 0.3) is 0 Å². The van der Waals surface area contributed by atoms with Crippen molar-refractivity contribution >= 4 is 28.9 Å². The molecule has 0 heterocycles. The maximum absolute atomic E-state index is 6.10. The van der Waals surface area contributed by atoms with Crippen LogP contribution >= 0.6 is 23.2 Å². The van der Waals surface area contributed by atoms with Crippen LogP contribution < -0.4 is 5.32 Å². The number of fused-ring (bicyclic) bond motifs is 2. The maximum atomic E-state index is 6.10. The fourth-order valence-corrected chi connectivity index (χ4v) is 4.99. The molecule has 1 unspecified atom stereocenters. The second-order valence-electron chi connectivity index (χ2n) is 7.15. The fourth-order valence-electron chi connectivity index (χ4n) is 4.47. The summed E-state index contributed by atoms with van der Waals surface area (Å²) in [6.07, 6.45) is 4.04. The molecule has 0 saturated heterocycles. The first-order valence-electron chi connectivity index (χ1n) is 7.04. The fraction of sp³-hybridized carbons (Fsp3) is 0.625. The maximum Gasteiger partial charge on any atom is 0.0441 e. The van der Waals surface area contributed by atoms with Crippen molar-refractivity contribution in [2.75, 3.05) is 5.32 Å². The average Bonchev–Trinajstić information content (AvgIpc) is 2.74. The van der Waals surface area contributed by atoms with Crippen molar-refractivity contribution in [1.29, 1.82) is 0 Å². The van der Waals surface area contributed by atoms with Crippen LogP contribution in [0.4, 0.5) is 5.69 Å². The third-order valence-corrected chi connectivity index (χ3v) is 5.88. The lowest BCUT2D eigenvalue weighted by Gasteiger charge is -2.43. The normalized spacial score (nSPS) is 35.6. The summed E-state index contributed by atoms with van der Waals surface area (Å²) in [6, 6.07) is 6.22. The van der Waals surface area contributed by atoms with Crippen LogP contribution in [-0.4, -0.2) is 6.04 Å². The molecule has 0 amide bonds. The minimum absolute atomic E-state index is 0.335. The first-order valence-corrected chi connectivity index (χ1v) is 7.79. The monoisotopic (exact) mass is 297 g/mol. The van der Waals surface area contributed by atoms with Crippen molar-refractivity contribution < 1.29 is 0 Å². The lowest BCUT2D eigenvalue weighted by atomic mass is 9.68. The molecule has 3 heteroatoms. The molecule has 0 radical (unpaired) electrons. The van der Waals surface area contributed by atoms with Crippen molar-refractivity contribution in [3.8, 4) is 0 Å². The Morgan fingerprint density at radius 1 is 1.11 bits per heavy atom. The number of halogens is 2. The van der Waals surface area contributed by atoms with Crippen LogP contribution in [-0.2, 0) is 0 Å². The molecule has 1 aromatic rings. The van der Waals surface area contributed by atoms with E-state index < -0.39 is 0 Å². The topological polar surface area (TPSA) is 12.0 Å². The lowest BCUT2D eigenvalue weighted by molar-refractivity contribution is 0.155. The molecule has 1 nitrogen and oxygen atoms in total. The van der Waals surface area contributed by atoms with Gasteiger partial charge in [0.05, 0.1) is 0 Å². The van der Waals surface area contributed by atoms with Gasteiger partial charge in [-0.3, -0.25) is 0 Å². The van der Waals surface area contributed by atoms with Crippen molar-refractivity contribution in [3.05, 3.63) is 28.2 Å². The van der Waals surface area contributed by atoms with Gasteiger partial charge in [0.2, 0.25) is 0 Å². The largest absolute Gasteiger partial charge is 0.381 e. The first kappa shape index (κ1) is 13.6. The van der Waals surface area contributed by atoms with E-state index in [1.54, 1.807) is 6.07 Å². The van der Waals surface area contributed by atoms with Gasteiger partial charge in [-0.2, -0.15) is 0 Å². The summed E-state index contributed by atoms with van der Waals surface area (Å²) in [5, 5.41) is 5.11. The predicted octanol–water partition coefficient (Wildman–Crippen LogP) is 5.62. The third-order valence-electron chi connectivity index (χ3n) is 5.44. The lowest BCUT2D eigenvalue weighted by Crippen LogP contribution is -2.45. The number of hydrogen-bond acceptors (Lipinski definition) is 1. The van der Waals surface area contributed by atoms with Gasteiger partial charge in [-0.1, -0.05) is 44.0 Å². The average molecular weight is 298 g/mol. The molecule has 2 aliphatic rings. The second kappa shape index (κ2) is 4.30. The van der Waals surface area contributed by atoms with E-state index in [2.05, 4.69) is 26.1 Å². The Bertz CT molecular complexity index is 486. The molecule has 2 saturated carbocycles. The summed E-state index contributed by atoms with van der Waals surface area (Å²) < 4.78 is 0. The van der Waals surface area contributed by atoms with Crippen LogP contribution in [0.3, 0.4) is 0 Å². The minimum Gasteiger partial charge on any atom is -0.381 e. The van der Waals surface area contributed by atoms with Gasteiger partial charge in [-0.05, 0) is 54.2 Å². The van der Waals surface area contributed by atoms with E-state index in [4.69, 9.17) is 23.2 Å². The second-order valence-corrected chi connectivity index (χ2v) is 8.02. The van der Waals surface area contributed by atoms with E-state index in [1.165, 1.54) is 19.3 Å². The number of hydrogen-bond donors (Lipinski definition) is 1. The van der Waals surface area contributed by atoms with Gasteiger partial charge < -0.3 is 5.32 Å². The molecule has 19 heavy (non-hydrogen) atoms. The van der Waals surface area contributed by atoms with Crippen LogP contribution in [0.1, 0.15) is 40.0 Å². The zero-order valence-corrected chi connectivity index (χ0v) is 13.3. The van der Waals surface area contributed by atoms with E-state index >= 15 is 0 Å². The van der Waals surface area contributed by atoms with Crippen LogP contribution in [0.2, 0.25) is 10.0 Å². The Balaban J connectivity index is 1.90. The molecule has 3 atom stereocenters. The summed E-state index contributed by atoms with van der Waals surface area (Å²) in [6.45, 7) is 7.21. The van der Waals surface area contributed by atoms with Gasteiger partial charge in [0.15, 0.2) is 0 Å². The molecule has 0 spiro atoms. The summed E-state index contributed by atoms with van der Waals surface area (Å²) in [7, 11) is 0. The summed E-state index contributed by atoms with van der Waals surface area (Å²) in [5.41, 5.74) is 1.79. The van der Waals surface area contributed by atoms with E-state index in [1.807, 2.05) is 12.1 Å². The highest BCUT2D eigenvalue weighted by atomic mass is 35.5. The van der Waals surface area contributed by atoms with E-state index in [9.17, 15) is 0 Å². The molecule has 3 rings (SSSR count). The quantitative estimate of drug-likeness (QED) is 0.747. The molecule has 2 fully saturated rings. The standard InChI is InChI=1S/C16H21Cl2N/c1-15(2)10-4-5-16(3,9-10)14(15)19-13-7-11(17)6-12(18)8-13/h6-8,10,14,19H,4-5,9H2,1-3H3/t10-,14?,16+/m0/s1. The Morgan fingerprint density at radius 2 is 1.74 bits per heavy atom. The highest BCUT2D eigenvalue weighted by Crippen LogP contribution is 2.63. The number of nitrogens with one attached hydrogen (secondary N) is 1. The number of benzene rings is 1. The van der Waals surface area contributed by atoms with Gasteiger partial charge in [0.1, 0.15) is 0 Å². The molecule has 1 aromatic carbocycles. The highest BCUT2D eigenvalue weighted by Gasteiger charge is 2.59. The van der Waals surface area contributed by atoms with E-state index in [0.717, 1.165) is 11.6 Å². The van der Waals surface area contributed by atoms with Crippen LogP contribution in [0, 0.1) is 16.7 Å². The van der Waals surface area contributed by atoms with Crippen LogP contribution in [0.15, 0.2) is 18.2 Å². The van der Waals surface area contributed by atoms with Gasteiger partial charge in [-0.25, -0.2) is 0 Å². The number of rotatable bonds is 2. The summed E-state index contributed by atoms with van der Waals surface area (Å²) >= 11 is 12.2. The highest BCUT2D eigenvalue weighted by molar-refractivity contribution is 6.35. The third kappa shape index (κ3) is 2.15. The Morgan fingerprint density at radius 3 is 2.26 bits per heavy atom. The summed E-state index contributed by atoms with van der Waals surface area (Å²) in [5.74, 6) is 0.838. The Labute approximate surface area is 125 Å². The van der Waals surface area contributed by atoms with Crippen LogP contribution in [0.25, 0.3) is 0 Å². The van der Waals surface area contributed by atoms with Gasteiger partial charge in [0, 0.05) is 21.8 Å². The van der Waals surface area contributed by atoms with Crippen molar-refractivity contribution in [3.63, 3.8) is 0 Å². The molecular weight excluding hydrogens is 277 g/mol. The smallest absolute Gasteiger partial charge is 0.0441 e. The Kier molecular flexibility index (Phi) is 3.07. The first-order chi connectivity index (χ1) is 8.81. The molecule has 0 aromatic heterocycles. The van der Waals surface area contributed by atoms with Crippen LogP contribution in [0.5, 0.6) is 0 Å². The molecular formula is C16H21Cl2N. The van der Waals surface area contributed by atoms with Crippen molar-refractivity contribution in [2.24, 2.45) is 16.7 Å². The van der Waals surface area contributed by atoms with E-state index in [-0.39, 0.29) is 0 Å². The zero-order chi connectivity index (χ0) is 13.8. The number of anilines is 1. The van der Waals surface area contributed by atoms with Crippen molar-refractivity contribution in [1.82, 2.24) is 0 Å². The molecule has 0 aliphatic heterocycles. The summed E-state index contributed by atoms with van der Waals surface area (Å²) in [4.78, 5) is 0. The van der Waals surface area contributed by atoms with E-state index in [0.29, 0.717) is 26.9 Å². The SMILES string of the molecule is CC1(C)C(Nc2cc(Cl)cc(Cl)c2)[C@]2(C)CC[C@H]1C2. The molecule has 1 N–H and O–H groups in total. The van der Waals surface area contributed by atoms with Crippen molar-refractivity contribution in [2.45, 2.75) is 46.1 Å². The Hall–Kier alpha value is -0.400. The minimum atomic E-state index is 0.335.